The van der Waals surface area contributed by atoms with Gasteiger partial charge in [-0.25, -0.2) is 0 Å². The highest BCUT2D eigenvalue weighted by atomic mass is 15.1. The Kier molecular flexibility index (Phi) is 4.69. The van der Waals surface area contributed by atoms with Gasteiger partial charge < -0.3 is 0 Å². The van der Waals surface area contributed by atoms with Crippen molar-refractivity contribution >= 4 is 0 Å². The lowest BCUT2D eigenvalue weighted by molar-refractivity contribution is 0.295. The first-order valence-electron chi connectivity index (χ1n) is 6.96. The Hall–Kier alpha value is -1.67. The summed E-state index contributed by atoms with van der Waals surface area (Å²) in [5, 5.41) is 0. The zero-order chi connectivity index (χ0) is 13.7. The molecule has 1 aromatic carbocycles. The highest BCUT2D eigenvalue weighted by Crippen LogP contribution is 2.20. The summed E-state index contributed by atoms with van der Waals surface area (Å²) < 4.78 is 0. The first kappa shape index (κ1) is 13.8. The highest BCUT2D eigenvalue weighted by molar-refractivity contribution is 5.63. The zero-order valence-electron chi connectivity index (χ0n) is 12.1. The number of rotatable bonds is 5. The molecule has 0 unspecified atom stereocenters. The molecule has 2 rings (SSSR count). The van der Waals surface area contributed by atoms with Gasteiger partial charge in [-0.15, -0.1) is 0 Å². The molecule has 0 amide bonds. The average molecular weight is 254 g/mol. The molecule has 0 aliphatic carbocycles. The van der Waals surface area contributed by atoms with E-state index in [1.54, 1.807) is 0 Å². The van der Waals surface area contributed by atoms with Crippen molar-refractivity contribution in [2.45, 2.75) is 27.3 Å². The molecule has 0 saturated heterocycles. The first-order valence-corrected chi connectivity index (χ1v) is 6.96. The largest absolute Gasteiger partial charge is 0.300 e. The van der Waals surface area contributed by atoms with Gasteiger partial charge in [0, 0.05) is 24.5 Å². The molecule has 2 nitrogen and oxygen atoms in total. The lowest BCUT2D eigenvalue weighted by Gasteiger charge is -2.18. The van der Waals surface area contributed by atoms with Crippen molar-refractivity contribution in [1.29, 1.82) is 0 Å². The van der Waals surface area contributed by atoms with E-state index in [4.69, 9.17) is 0 Å². The molecule has 2 aromatic rings. The van der Waals surface area contributed by atoms with Gasteiger partial charge in [-0.05, 0) is 37.2 Å². The number of benzene rings is 1. The number of aryl methyl sites for hydroxylation is 1. The molecule has 100 valence electrons. The third kappa shape index (κ3) is 3.65. The summed E-state index contributed by atoms with van der Waals surface area (Å²) in [6, 6.07) is 10.8. The van der Waals surface area contributed by atoms with Crippen molar-refractivity contribution < 1.29 is 0 Å². The molecule has 0 bridgehead atoms. The number of nitrogens with zero attached hydrogens (tertiary/aromatic N) is 2. The maximum Gasteiger partial charge on any atom is 0.0346 e. The SMILES string of the molecule is CCN(CC)Cc1cncc(-c2cccc(C)c2)c1. The lowest BCUT2D eigenvalue weighted by Crippen LogP contribution is -2.22. The summed E-state index contributed by atoms with van der Waals surface area (Å²) in [5.74, 6) is 0. The summed E-state index contributed by atoms with van der Waals surface area (Å²) in [4.78, 5) is 6.79. The summed E-state index contributed by atoms with van der Waals surface area (Å²) >= 11 is 0. The second-order valence-corrected chi connectivity index (χ2v) is 4.91. The predicted octanol–water partition coefficient (Wildman–Crippen LogP) is 3.90. The maximum atomic E-state index is 4.39. The van der Waals surface area contributed by atoms with Crippen LogP contribution in [-0.2, 0) is 6.54 Å². The minimum atomic E-state index is 0.972. The van der Waals surface area contributed by atoms with Gasteiger partial charge in [0.15, 0.2) is 0 Å². The molecule has 19 heavy (non-hydrogen) atoms. The van der Waals surface area contributed by atoms with Gasteiger partial charge >= 0.3 is 0 Å². The van der Waals surface area contributed by atoms with Gasteiger partial charge in [0.1, 0.15) is 0 Å². The summed E-state index contributed by atoms with van der Waals surface area (Å²) in [7, 11) is 0. The molecule has 0 atom stereocenters. The van der Waals surface area contributed by atoms with Crippen molar-refractivity contribution in [2.75, 3.05) is 13.1 Å². The second kappa shape index (κ2) is 6.48. The summed E-state index contributed by atoms with van der Waals surface area (Å²) in [6.07, 6.45) is 3.91. The van der Waals surface area contributed by atoms with Crippen LogP contribution in [0.2, 0.25) is 0 Å². The van der Waals surface area contributed by atoms with Crippen LogP contribution in [0.3, 0.4) is 0 Å². The molecule has 1 heterocycles. The van der Waals surface area contributed by atoms with Crippen molar-refractivity contribution in [3.05, 3.63) is 53.9 Å². The van der Waals surface area contributed by atoms with E-state index < -0.39 is 0 Å². The molecule has 2 heteroatoms. The van der Waals surface area contributed by atoms with Gasteiger partial charge in [-0.1, -0.05) is 43.7 Å². The van der Waals surface area contributed by atoms with E-state index in [9.17, 15) is 0 Å². The van der Waals surface area contributed by atoms with Crippen LogP contribution < -0.4 is 0 Å². The second-order valence-electron chi connectivity index (χ2n) is 4.91. The first-order chi connectivity index (χ1) is 9.22. The van der Waals surface area contributed by atoms with Gasteiger partial charge in [0.2, 0.25) is 0 Å². The molecule has 0 spiro atoms. The lowest BCUT2D eigenvalue weighted by atomic mass is 10.0. The van der Waals surface area contributed by atoms with Crippen LogP contribution in [-0.4, -0.2) is 23.0 Å². The van der Waals surface area contributed by atoms with E-state index in [1.807, 2.05) is 12.4 Å². The van der Waals surface area contributed by atoms with Crippen molar-refractivity contribution in [1.82, 2.24) is 9.88 Å². The molecular weight excluding hydrogens is 232 g/mol. The van der Waals surface area contributed by atoms with E-state index in [-0.39, 0.29) is 0 Å². The molecule has 0 saturated carbocycles. The standard InChI is InChI=1S/C17H22N2/c1-4-19(5-2)13-15-10-17(12-18-11-15)16-8-6-7-14(3)9-16/h6-12H,4-5,13H2,1-3H3. The number of pyridine rings is 1. The Morgan fingerprint density at radius 2 is 1.79 bits per heavy atom. The third-order valence-electron chi connectivity index (χ3n) is 3.45. The molecular formula is C17H22N2. The Morgan fingerprint density at radius 3 is 2.47 bits per heavy atom. The monoisotopic (exact) mass is 254 g/mol. The van der Waals surface area contributed by atoms with Crippen LogP contribution in [0.25, 0.3) is 11.1 Å². The third-order valence-corrected chi connectivity index (χ3v) is 3.45. The van der Waals surface area contributed by atoms with Crippen molar-refractivity contribution in [3.63, 3.8) is 0 Å². The van der Waals surface area contributed by atoms with Crippen LogP contribution in [0.5, 0.6) is 0 Å². The number of hydrogen-bond donors (Lipinski definition) is 0. The number of aromatic nitrogens is 1. The minimum Gasteiger partial charge on any atom is -0.300 e. The fourth-order valence-corrected chi connectivity index (χ4v) is 2.26. The zero-order valence-corrected chi connectivity index (χ0v) is 12.1. The van der Waals surface area contributed by atoms with Crippen molar-refractivity contribution in [2.24, 2.45) is 0 Å². The molecule has 1 aromatic heterocycles. The van der Waals surface area contributed by atoms with Gasteiger partial charge in [0.25, 0.3) is 0 Å². The van der Waals surface area contributed by atoms with Gasteiger partial charge in [-0.3, -0.25) is 9.88 Å². The van der Waals surface area contributed by atoms with E-state index in [2.05, 4.69) is 61.0 Å². The summed E-state index contributed by atoms with van der Waals surface area (Å²) in [6.45, 7) is 9.63. The van der Waals surface area contributed by atoms with Gasteiger partial charge in [0.05, 0.1) is 0 Å². The summed E-state index contributed by atoms with van der Waals surface area (Å²) in [5.41, 5.74) is 5.01. The van der Waals surface area contributed by atoms with Crippen LogP contribution in [0, 0.1) is 6.92 Å². The van der Waals surface area contributed by atoms with Crippen LogP contribution in [0.1, 0.15) is 25.0 Å². The van der Waals surface area contributed by atoms with Crippen LogP contribution >= 0.6 is 0 Å². The number of hydrogen-bond acceptors (Lipinski definition) is 2. The van der Waals surface area contributed by atoms with Crippen LogP contribution in [0.15, 0.2) is 42.7 Å². The molecule has 0 aliphatic rings. The Balaban J connectivity index is 2.24. The highest BCUT2D eigenvalue weighted by Gasteiger charge is 2.04. The van der Waals surface area contributed by atoms with E-state index >= 15 is 0 Å². The van der Waals surface area contributed by atoms with Crippen LogP contribution in [0.4, 0.5) is 0 Å². The van der Waals surface area contributed by atoms with Gasteiger partial charge in [-0.2, -0.15) is 0 Å². The quantitative estimate of drug-likeness (QED) is 0.804. The minimum absolute atomic E-state index is 0.972. The van der Waals surface area contributed by atoms with E-state index in [1.165, 1.54) is 22.3 Å². The molecule has 0 aliphatic heterocycles. The van der Waals surface area contributed by atoms with E-state index in [0.29, 0.717) is 0 Å². The van der Waals surface area contributed by atoms with E-state index in [0.717, 1.165) is 19.6 Å². The average Bonchev–Trinajstić information content (AvgIpc) is 2.45. The Bertz CT molecular complexity index is 530. The topological polar surface area (TPSA) is 16.1 Å². The van der Waals surface area contributed by atoms with Crippen molar-refractivity contribution in [3.8, 4) is 11.1 Å². The maximum absolute atomic E-state index is 4.39. The fourth-order valence-electron chi connectivity index (χ4n) is 2.26. The molecule has 0 N–H and O–H groups in total. The fraction of sp³-hybridized carbons (Fsp3) is 0.353. The smallest absolute Gasteiger partial charge is 0.0346 e. The normalized spacial score (nSPS) is 10.9. The molecule has 0 fully saturated rings. The Morgan fingerprint density at radius 1 is 1.00 bits per heavy atom. The molecule has 0 radical (unpaired) electrons. The Labute approximate surface area is 116 Å². The predicted molar refractivity (Wildman–Crippen MR) is 81.0 cm³/mol.